The summed E-state index contributed by atoms with van der Waals surface area (Å²) in [5.74, 6) is 1.79. The number of thioether (sulfide) groups is 1. The molecule has 29 heavy (non-hydrogen) atoms. The Morgan fingerprint density at radius 1 is 1.14 bits per heavy atom. The summed E-state index contributed by atoms with van der Waals surface area (Å²) in [5.41, 5.74) is 0.983. The lowest BCUT2D eigenvalue weighted by Crippen LogP contribution is -2.42. The van der Waals surface area contributed by atoms with Crippen molar-refractivity contribution in [3.63, 3.8) is 0 Å². The van der Waals surface area contributed by atoms with Gasteiger partial charge in [0.15, 0.2) is 11.0 Å². The lowest BCUT2D eigenvalue weighted by molar-refractivity contribution is -0.131. The van der Waals surface area contributed by atoms with E-state index in [9.17, 15) is 4.79 Å². The molecule has 0 unspecified atom stereocenters. The van der Waals surface area contributed by atoms with Crippen LogP contribution in [0.15, 0.2) is 29.4 Å². The highest BCUT2D eigenvalue weighted by molar-refractivity contribution is 8.00. The van der Waals surface area contributed by atoms with Gasteiger partial charge in [-0.1, -0.05) is 31.0 Å². The number of carbonyl (C=O) groups is 1. The SMILES string of the molecule is COc1ccc(-c2nnc(S[C@@H](C)C(=O)N(C)C3CCCCC3)n2C(C)C)cc1. The summed E-state index contributed by atoms with van der Waals surface area (Å²) in [6, 6.07) is 8.38. The molecule has 7 heteroatoms. The molecule has 0 radical (unpaired) electrons. The van der Waals surface area contributed by atoms with E-state index in [4.69, 9.17) is 4.74 Å². The van der Waals surface area contributed by atoms with Gasteiger partial charge in [-0.15, -0.1) is 10.2 Å². The molecular weight excluding hydrogens is 384 g/mol. The zero-order valence-corrected chi connectivity index (χ0v) is 18.9. The number of benzene rings is 1. The van der Waals surface area contributed by atoms with E-state index in [0.717, 1.165) is 35.1 Å². The summed E-state index contributed by atoms with van der Waals surface area (Å²) < 4.78 is 7.36. The molecule has 1 amide bonds. The Labute approximate surface area is 178 Å². The van der Waals surface area contributed by atoms with Crippen LogP contribution in [0.2, 0.25) is 0 Å². The van der Waals surface area contributed by atoms with E-state index in [-0.39, 0.29) is 17.2 Å². The topological polar surface area (TPSA) is 60.3 Å². The Balaban J connectivity index is 1.77. The van der Waals surface area contributed by atoms with Crippen molar-refractivity contribution in [1.29, 1.82) is 0 Å². The maximum atomic E-state index is 13.0. The molecule has 1 aromatic carbocycles. The van der Waals surface area contributed by atoms with Crippen molar-refractivity contribution in [2.24, 2.45) is 0 Å². The van der Waals surface area contributed by atoms with E-state index in [1.54, 1.807) is 7.11 Å². The Kier molecular flexibility index (Phi) is 7.22. The van der Waals surface area contributed by atoms with Gasteiger partial charge in [-0.3, -0.25) is 9.36 Å². The number of carbonyl (C=O) groups excluding carboxylic acids is 1. The quantitative estimate of drug-likeness (QED) is 0.607. The van der Waals surface area contributed by atoms with Gasteiger partial charge in [0.1, 0.15) is 5.75 Å². The second-order valence-electron chi connectivity index (χ2n) is 8.00. The third kappa shape index (κ3) is 4.94. The summed E-state index contributed by atoms with van der Waals surface area (Å²) in [6.45, 7) is 6.20. The van der Waals surface area contributed by atoms with Gasteiger partial charge in [0.05, 0.1) is 12.4 Å². The number of hydrogen-bond acceptors (Lipinski definition) is 5. The van der Waals surface area contributed by atoms with E-state index in [1.807, 2.05) is 43.1 Å². The van der Waals surface area contributed by atoms with Crippen LogP contribution in [-0.2, 0) is 4.79 Å². The highest BCUT2D eigenvalue weighted by Gasteiger charge is 2.28. The average molecular weight is 417 g/mol. The van der Waals surface area contributed by atoms with Gasteiger partial charge in [0.2, 0.25) is 5.91 Å². The van der Waals surface area contributed by atoms with Crippen LogP contribution in [0.1, 0.15) is 58.9 Å². The molecule has 0 aliphatic heterocycles. The minimum Gasteiger partial charge on any atom is -0.497 e. The molecular formula is C22H32N4O2S. The molecule has 1 aliphatic carbocycles. The molecule has 1 fully saturated rings. The Morgan fingerprint density at radius 2 is 1.79 bits per heavy atom. The first-order valence-electron chi connectivity index (χ1n) is 10.4. The number of ether oxygens (including phenoxy) is 1. The van der Waals surface area contributed by atoms with E-state index in [1.165, 1.54) is 31.0 Å². The van der Waals surface area contributed by atoms with Crippen molar-refractivity contribution < 1.29 is 9.53 Å². The second kappa shape index (κ2) is 9.65. The lowest BCUT2D eigenvalue weighted by Gasteiger charge is -2.32. The van der Waals surface area contributed by atoms with Gasteiger partial charge < -0.3 is 9.64 Å². The van der Waals surface area contributed by atoms with E-state index < -0.39 is 0 Å². The van der Waals surface area contributed by atoms with Crippen LogP contribution in [0.5, 0.6) is 5.75 Å². The zero-order chi connectivity index (χ0) is 21.0. The predicted octanol–water partition coefficient (Wildman–Crippen LogP) is 4.81. The number of hydrogen-bond donors (Lipinski definition) is 0. The van der Waals surface area contributed by atoms with Gasteiger partial charge in [0, 0.05) is 24.7 Å². The van der Waals surface area contributed by atoms with Crippen LogP contribution in [-0.4, -0.2) is 51.0 Å². The fraction of sp³-hybridized carbons (Fsp3) is 0.591. The molecule has 1 heterocycles. The van der Waals surface area contributed by atoms with Crippen LogP contribution in [0.25, 0.3) is 11.4 Å². The molecule has 0 spiro atoms. The number of aromatic nitrogens is 3. The summed E-state index contributed by atoms with van der Waals surface area (Å²) in [7, 11) is 3.61. The molecule has 158 valence electrons. The predicted molar refractivity (Wildman–Crippen MR) is 117 cm³/mol. The fourth-order valence-corrected chi connectivity index (χ4v) is 4.99. The van der Waals surface area contributed by atoms with E-state index in [2.05, 4.69) is 28.6 Å². The molecule has 1 aromatic heterocycles. The summed E-state index contributed by atoms with van der Waals surface area (Å²) in [6.07, 6.45) is 5.95. The van der Waals surface area contributed by atoms with Crippen molar-refractivity contribution in [3.05, 3.63) is 24.3 Å². The molecule has 1 aliphatic rings. The lowest BCUT2D eigenvalue weighted by atomic mass is 9.94. The Bertz CT molecular complexity index is 813. The third-order valence-electron chi connectivity index (χ3n) is 5.63. The van der Waals surface area contributed by atoms with Gasteiger partial charge in [-0.2, -0.15) is 0 Å². The van der Waals surface area contributed by atoms with Crippen LogP contribution < -0.4 is 4.74 Å². The summed E-state index contributed by atoms with van der Waals surface area (Å²) in [4.78, 5) is 15.0. The molecule has 1 atom stereocenters. The van der Waals surface area contributed by atoms with Crippen LogP contribution in [0, 0.1) is 0 Å². The molecule has 0 N–H and O–H groups in total. The Morgan fingerprint density at radius 3 is 2.38 bits per heavy atom. The largest absolute Gasteiger partial charge is 0.497 e. The second-order valence-corrected chi connectivity index (χ2v) is 9.31. The minimum atomic E-state index is -0.202. The van der Waals surface area contributed by atoms with Crippen molar-refractivity contribution in [3.8, 4) is 17.1 Å². The molecule has 2 aromatic rings. The van der Waals surface area contributed by atoms with E-state index >= 15 is 0 Å². The molecule has 1 saturated carbocycles. The van der Waals surface area contributed by atoms with Gasteiger partial charge in [-0.05, 0) is 57.9 Å². The maximum absolute atomic E-state index is 13.0. The van der Waals surface area contributed by atoms with Gasteiger partial charge in [0.25, 0.3) is 0 Å². The first-order chi connectivity index (χ1) is 13.9. The summed E-state index contributed by atoms with van der Waals surface area (Å²) in [5, 5.41) is 9.44. The molecule has 3 rings (SSSR count). The molecule has 6 nitrogen and oxygen atoms in total. The average Bonchev–Trinajstić information content (AvgIpc) is 3.17. The van der Waals surface area contributed by atoms with Gasteiger partial charge >= 0.3 is 0 Å². The van der Waals surface area contributed by atoms with Crippen molar-refractivity contribution in [1.82, 2.24) is 19.7 Å². The standard InChI is InChI=1S/C22H32N4O2S/c1-15(2)26-20(17-11-13-19(28-5)14-12-17)23-24-22(26)29-16(3)21(27)25(4)18-9-7-6-8-10-18/h11-16,18H,6-10H2,1-5H3/t16-/m0/s1. The Hall–Kier alpha value is -2.02. The smallest absolute Gasteiger partial charge is 0.235 e. The number of rotatable bonds is 7. The number of amides is 1. The highest BCUT2D eigenvalue weighted by Crippen LogP contribution is 2.32. The van der Waals surface area contributed by atoms with Crippen LogP contribution in [0.3, 0.4) is 0 Å². The number of methoxy groups -OCH3 is 1. The first kappa shape index (κ1) is 21.7. The first-order valence-corrected chi connectivity index (χ1v) is 11.3. The normalized spacial score (nSPS) is 16.1. The maximum Gasteiger partial charge on any atom is 0.235 e. The molecule has 0 saturated heterocycles. The van der Waals surface area contributed by atoms with Gasteiger partial charge in [-0.25, -0.2) is 0 Å². The highest BCUT2D eigenvalue weighted by atomic mass is 32.2. The summed E-state index contributed by atoms with van der Waals surface area (Å²) >= 11 is 1.50. The van der Waals surface area contributed by atoms with Crippen molar-refractivity contribution in [2.45, 2.75) is 75.4 Å². The van der Waals surface area contributed by atoms with Crippen LogP contribution >= 0.6 is 11.8 Å². The third-order valence-corrected chi connectivity index (χ3v) is 6.67. The zero-order valence-electron chi connectivity index (χ0n) is 18.1. The van der Waals surface area contributed by atoms with Crippen molar-refractivity contribution >= 4 is 17.7 Å². The number of nitrogens with zero attached hydrogens (tertiary/aromatic N) is 4. The molecule has 0 bridgehead atoms. The fourth-order valence-electron chi connectivity index (χ4n) is 3.90. The minimum absolute atomic E-state index is 0.172. The van der Waals surface area contributed by atoms with Crippen molar-refractivity contribution in [2.75, 3.05) is 14.2 Å². The monoisotopic (exact) mass is 416 g/mol. The van der Waals surface area contributed by atoms with Crippen LogP contribution in [0.4, 0.5) is 0 Å². The van der Waals surface area contributed by atoms with E-state index in [0.29, 0.717) is 6.04 Å².